The van der Waals surface area contributed by atoms with Crippen molar-refractivity contribution >= 4 is 27.9 Å². The number of ether oxygens (including phenoxy) is 1. The Balaban J connectivity index is 2.31. The van der Waals surface area contributed by atoms with Gasteiger partial charge in [0.15, 0.2) is 5.69 Å². The van der Waals surface area contributed by atoms with Gasteiger partial charge in [0, 0.05) is 0 Å². The van der Waals surface area contributed by atoms with Crippen molar-refractivity contribution < 1.29 is 9.53 Å². The van der Waals surface area contributed by atoms with Crippen molar-refractivity contribution in [2.45, 2.75) is 0 Å². The van der Waals surface area contributed by atoms with Crippen molar-refractivity contribution in [2.24, 2.45) is 5.73 Å². The molecule has 17 heavy (non-hydrogen) atoms. The molecule has 6 heteroatoms. The minimum atomic E-state index is -0.552. The van der Waals surface area contributed by atoms with E-state index in [1.165, 1.54) is 11.3 Å². The number of nitrogens with one attached hydrogen (secondary N) is 1. The highest BCUT2D eigenvalue weighted by Gasteiger charge is 2.13. The van der Waals surface area contributed by atoms with Gasteiger partial charge < -0.3 is 15.8 Å². The number of nitrogens with zero attached hydrogens (tertiary/aromatic N) is 1. The van der Waals surface area contributed by atoms with Crippen LogP contribution in [0.5, 0.6) is 5.75 Å². The summed E-state index contributed by atoms with van der Waals surface area (Å²) in [5, 5.41) is 3.70. The largest absolute Gasteiger partial charge is 0.495 e. The van der Waals surface area contributed by atoms with E-state index in [4.69, 9.17) is 10.5 Å². The second kappa shape index (κ2) is 4.84. The summed E-state index contributed by atoms with van der Waals surface area (Å²) in [6.07, 6.45) is 0. The quantitative estimate of drug-likeness (QED) is 0.868. The molecule has 0 unspecified atom stereocenters. The second-order valence-corrected chi connectivity index (χ2v) is 4.07. The summed E-state index contributed by atoms with van der Waals surface area (Å²) < 4.78 is 5.20. The molecule has 5 nitrogen and oxygen atoms in total. The van der Waals surface area contributed by atoms with E-state index in [-0.39, 0.29) is 5.69 Å². The number of methoxy groups -OCH3 is 1. The zero-order valence-corrected chi connectivity index (χ0v) is 9.95. The standard InChI is InChI=1S/C11H11N3O2S/c1-16-8-5-3-2-4-7(8)14-11-9(10(12)15)13-6-17-11/h2-6,14H,1H3,(H2,12,15). The third-order valence-electron chi connectivity index (χ3n) is 2.16. The summed E-state index contributed by atoms with van der Waals surface area (Å²) in [4.78, 5) is 15.0. The molecule has 0 spiro atoms. The summed E-state index contributed by atoms with van der Waals surface area (Å²) in [5.74, 6) is 0.139. The van der Waals surface area contributed by atoms with E-state index in [0.29, 0.717) is 10.8 Å². The van der Waals surface area contributed by atoms with Crippen molar-refractivity contribution in [1.29, 1.82) is 0 Å². The third-order valence-corrected chi connectivity index (χ3v) is 2.90. The summed E-state index contributed by atoms with van der Waals surface area (Å²) in [7, 11) is 1.59. The maximum absolute atomic E-state index is 11.1. The normalized spacial score (nSPS) is 9.94. The molecule has 3 N–H and O–H groups in total. The first-order chi connectivity index (χ1) is 8.22. The predicted octanol–water partition coefficient (Wildman–Crippen LogP) is 1.99. The lowest BCUT2D eigenvalue weighted by Crippen LogP contribution is -2.13. The molecule has 1 aromatic heterocycles. The average molecular weight is 249 g/mol. The first kappa shape index (κ1) is 11.4. The number of benzene rings is 1. The van der Waals surface area contributed by atoms with Gasteiger partial charge in [-0.25, -0.2) is 4.98 Å². The maximum Gasteiger partial charge on any atom is 0.270 e. The molecule has 0 saturated heterocycles. The molecule has 0 aliphatic heterocycles. The smallest absolute Gasteiger partial charge is 0.270 e. The Kier molecular flexibility index (Phi) is 3.24. The Hall–Kier alpha value is -2.08. The van der Waals surface area contributed by atoms with Crippen LogP contribution in [0.25, 0.3) is 0 Å². The van der Waals surface area contributed by atoms with Crippen LogP contribution in [0.2, 0.25) is 0 Å². The van der Waals surface area contributed by atoms with E-state index < -0.39 is 5.91 Å². The fraction of sp³-hybridized carbons (Fsp3) is 0.0909. The molecule has 1 aromatic carbocycles. The van der Waals surface area contributed by atoms with E-state index in [9.17, 15) is 4.79 Å². The van der Waals surface area contributed by atoms with Crippen LogP contribution in [0.4, 0.5) is 10.7 Å². The number of primary amides is 1. The lowest BCUT2D eigenvalue weighted by atomic mass is 10.3. The van der Waals surface area contributed by atoms with Crippen LogP contribution >= 0.6 is 11.3 Å². The average Bonchev–Trinajstić information content (AvgIpc) is 2.78. The molecular weight excluding hydrogens is 238 g/mol. The molecule has 1 amide bonds. The number of para-hydroxylation sites is 2. The summed E-state index contributed by atoms with van der Waals surface area (Å²) >= 11 is 1.31. The minimum Gasteiger partial charge on any atom is -0.495 e. The topological polar surface area (TPSA) is 77.2 Å². The number of nitrogens with two attached hydrogens (primary N) is 1. The molecule has 0 bridgehead atoms. The van der Waals surface area contributed by atoms with Gasteiger partial charge in [-0.05, 0) is 12.1 Å². The highest BCUT2D eigenvalue weighted by molar-refractivity contribution is 7.14. The first-order valence-corrected chi connectivity index (χ1v) is 5.73. The van der Waals surface area contributed by atoms with Crippen molar-refractivity contribution in [3.63, 3.8) is 0 Å². The summed E-state index contributed by atoms with van der Waals surface area (Å²) in [6.45, 7) is 0. The van der Waals surface area contributed by atoms with Crippen LogP contribution in [-0.4, -0.2) is 18.0 Å². The Bertz CT molecular complexity index is 539. The van der Waals surface area contributed by atoms with Crippen LogP contribution in [0.15, 0.2) is 29.8 Å². The number of rotatable bonds is 4. The zero-order valence-electron chi connectivity index (χ0n) is 9.14. The Labute approximate surface area is 102 Å². The molecule has 1 heterocycles. The molecule has 0 radical (unpaired) electrons. The number of carbonyl (C=O) groups excluding carboxylic acids is 1. The molecule has 0 saturated carbocycles. The highest BCUT2D eigenvalue weighted by Crippen LogP contribution is 2.30. The van der Waals surface area contributed by atoms with Crippen LogP contribution in [0.1, 0.15) is 10.5 Å². The van der Waals surface area contributed by atoms with E-state index in [2.05, 4.69) is 10.3 Å². The highest BCUT2D eigenvalue weighted by atomic mass is 32.1. The fourth-order valence-electron chi connectivity index (χ4n) is 1.38. The Morgan fingerprint density at radius 3 is 2.94 bits per heavy atom. The van der Waals surface area contributed by atoms with Gasteiger partial charge in [0.05, 0.1) is 18.3 Å². The predicted molar refractivity (Wildman–Crippen MR) is 66.9 cm³/mol. The van der Waals surface area contributed by atoms with Gasteiger partial charge in [0.25, 0.3) is 5.91 Å². The number of aromatic nitrogens is 1. The van der Waals surface area contributed by atoms with Crippen molar-refractivity contribution in [1.82, 2.24) is 4.98 Å². The lowest BCUT2D eigenvalue weighted by molar-refractivity contribution is 0.0997. The van der Waals surface area contributed by atoms with Gasteiger partial charge in [-0.1, -0.05) is 12.1 Å². The molecular formula is C11H11N3O2S. The van der Waals surface area contributed by atoms with Crippen molar-refractivity contribution in [2.75, 3.05) is 12.4 Å². The third kappa shape index (κ3) is 2.36. The molecule has 88 valence electrons. The number of amides is 1. The van der Waals surface area contributed by atoms with Crippen LogP contribution < -0.4 is 15.8 Å². The lowest BCUT2D eigenvalue weighted by Gasteiger charge is -2.09. The van der Waals surface area contributed by atoms with E-state index >= 15 is 0 Å². The molecule has 2 aromatic rings. The Morgan fingerprint density at radius 1 is 1.47 bits per heavy atom. The monoisotopic (exact) mass is 249 g/mol. The number of hydrogen-bond acceptors (Lipinski definition) is 5. The molecule has 0 aliphatic carbocycles. The van der Waals surface area contributed by atoms with E-state index in [1.807, 2.05) is 24.3 Å². The fourth-order valence-corrected chi connectivity index (χ4v) is 2.08. The Morgan fingerprint density at radius 2 is 2.24 bits per heavy atom. The van der Waals surface area contributed by atoms with Crippen molar-refractivity contribution in [3.05, 3.63) is 35.5 Å². The van der Waals surface area contributed by atoms with Gasteiger partial charge >= 0.3 is 0 Å². The number of thiazole rings is 1. The van der Waals surface area contributed by atoms with E-state index in [0.717, 1.165) is 5.69 Å². The van der Waals surface area contributed by atoms with Gasteiger partial charge in [0.2, 0.25) is 0 Å². The second-order valence-electron chi connectivity index (χ2n) is 3.22. The maximum atomic E-state index is 11.1. The molecule has 0 aliphatic rings. The number of anilines is 2. The van der Waals surface area contributed by atoms with Gasteiger partial charge in [0.1, 0.15) is 10.8 Å². The van der Waals surface area contributed by atoms with Gasteiger partial charge in [-0.2, -0.15) is 0 Å². The summed E-state index contributed by atoms with van der Waals surface area (Å²) in [5.41, 5.74) is 7.79. The van der Waals surface area contributed by atoms with Gasteiger partial charge in [-0.15, -0.1) is 11.3 Å². The molecule has 0 fully saturated rings. The number of hydrogen-bond donors (Lipinski definition) is 2. The SMILES string of the molecule is COc1ccccc1Nc1scnc1C(N)=O. The van der Waals surface area contributed by atoms with Crippen molar-refractivity contribution in [3.8, 4) is 5.75 Å². The molecule has 2 rings (SSSR count). The van der Waals surface area contributed by atoms with E-state index in [1.54, 1.807) is 12.6 Å². The van der Waals surface area contributed by atoms with Crippen LogP contribution in [-0.2, 0) is 0 Å². The zero-order chi connectivity index (χ0) is 12.3. The van der Waals surface area contributed by atoms with Gasteiger partial charge in [-0.3, -0.25) is 4.79 Å². The first-order valence-electron chi connectivity index (χ1n) is 4.85. The number of carbonyl (C=O) groups is 1. The van der Waals surface area contributed by atoms with Crippen LogP contribution in [0, 0.1) is 0 Å². The van der Waals surface area contributed by atoms with Crippen LogP contribution in [0.3, 0.4) is 0 Å². The minimum absolute atomic E-state index is 0.237. The summed E-state index contributed by atoms with van der Waals surface area (Å²) in [6, 6.07) is 7.41. The molecule has 0 atom stereocenters.